The highest BCUT2D eigenvalue weighted by atomic mass is 35.5. The van der Waals surface area contributed by atoms with Gasteiger partial charge in [0.2, 0.25) is 0 Å². The number of rotatable bonds is 2. The van der Waals surface area contributed by atoms with Crippen molar-refractivity contribution in [2.45, 2.75) is 19.9 Å². The van der Waals surface area contributed by atoms with Crippen LogP contribution in [0, 0.1) is 13.8 Å². The number of hydrogen-bond donors (Lipinski definition) is 1. The number of halogens is 1. The summed E-state index contributed by atoms with van der Waals surface area (Å²) < 4.78 is 4.61. The summed E-state index contributed by atoms with van der Waals surface area (Å²) in [5.41, 5.74) is 8.67. The predicted molar refractivity (Wildman–Crippen MR) is 62.1 cm³/mol. The molecule has 0 heterocycles. The Kier molecular flexibility index (Phi) is 5.33. The predicted octanol–water partition coefficient (Wildman–Crippen LogP) is 1.90. The topological polar surface area (TPSA) is 52.3 Å². The van der Waals surface area contributed by atoms with E-state index < -0.39 is 12.0 Å². The molecule has 0 aromatic heterocycles. The van der Waals surface area contributed by atoms with E-state index in [1.807, 2.05) is 32.0 Å². The molecule has 0 saturated heterocycles. The maximum Gasteiger partial charge on any atom is 0.327 e. The van der Waals surface area contributed by atoms with Crippen LogP contribution in [-0.2, 0) is 9.53 Å². The molecule has 15 heavy (non-hydrogen) atoms. The molecule has 0 bridgehead atoms. The molecule has 0 saturated carbocycles. The number of ether oxygens (including phenoxy) is 1. The van der Waals surface area contributed by atoms with Crippen LogP contribution in [0.15, 0.2) is 18.2 Å². The van der Waals surface area contributed by atoms with Gasteiger partial charge < -0.3 is 10.5 Å². The van der Waals surface area contributed by atoms with Gasteiger partial charge in [-0.3, -0.25) is 4.79 Å². The summed E-state index contributed by atoms with van der Waals surface area (Å²) >= 11 is 0. The van der Waals surface area contributed by atoms with Crippen molar-refractivity contribution in [3.63, 3.8) is 0 Å². The summed E-state index contributed by atoms with van der Waals surface area (Å²) in [4.78, 5) is 11.3. The maximum atomic E-state index is 11.3. The van der Waals surface area contributed by atoms with Crippen LogP contribution in [0.25, 0.3) is 0 Å². The van der Waals surface area contributed by atoms with Crippen LogP contribution in [0.5, 0.6) is 0 Å². The number of methoxy groups -OCH3 is 1. The highest BCUT2D eigenvalue weighted by molar-refractivity contribution is 5.85. The van der Waals surface area contributed by atoms with E-state index >= 15 is 0 Å². The molecule has 3 nitrogen and oxygen atoms in total. The van der Waals surface area contributed by atoms with Gasteiger partial charge in [-0.05, 0) is 30.5 Å². The lowest BCUT2D eigenvalue weighted by Gasteiger charge is -2.14. The Balaban J connectivity index is 0.00000196. The molecule has 0 amide bonds. The van der Waals surface area contributed by atoms with Crippen molar-refractivity contribution in [1.82, 2.24) is 0 Å². The van der Waals surface area contributed by atoms with Gasteiger partial charge in [-0.1, -0.05) is 18.2 Å². The number of benzene rings is 1. The van der Waals surface area contributed by atoms with Crippen LogP contribution in [0.1, 0.15) is 22.7 Å². The van der Waals surface area contributed by atoms with Crippen LogP contribution in [-0.4, -0.2) is 13.1 Å². The number of carbonyl (C=O) groups is 1. The second kappa shape index (κ2) is 5.73. The van der Waals surface area contributed by atoms with Gasteiger partial charge in [0.25, 0.3) is 0 Å². The third-order valence-electron chi connectivity index (χ3n) is 2.31. The first-order valence-electron chi connectivity index (χ1n) is 4.47. The van der Waals surface area contributed by atoms with Crippen LogP contribution in [0.2, 0.25) is 0 Å². The zero-order chi connectivity index (χ0) is 10.7. The van der Waals surface area contributed by atoms with Gasteiger partial charge in [0, 0.05) is 0 Å². The van der Waals surface area contributed by atoms with Gasteiger partial charge in [-0.15, -0.1) is 12.4 Å². The summed E-state index contributed by atoms with van der Waals surface area (Å²) in [6, 6.07) is 5.13. The minimum atomic E-state index is -0.679. The van der Waals surface area contributed by atoms with Crippen LogP contribution < -0.4 is 5.73 Å². The summed E-state index contributed by atoms with van der Waals surface area (Å²) in [6.45, 7) is 3.87. The highest BCUT2D eigenvalue weighted by Crippen LogP contribution is 2.20. The molecular formula is C11H16ClNO2. The first-order valence-corrected chi connectivity index (χ1v) is 4.47. The monoisotopic (exact) mass is 229 g/mol. The molecule has 0 spiro atoms. The SMILES string of the molecule is COC(=O)[C@H](N)c1c(C)cccc1C.Cl. The minimum absolute atomic E-state index is 0. The Morgan fingerprint density at radius 1 is 1.33 bits per heavy atom. The molecule has 1 aromatic carbocycles. The first kappa shape index (κ1) is 13.9. The van der Waals surface area contributed by atoms with E-state index in [2.05, 4.69) is 4.74 Å². The average molecular weight is 230 g/mol. The summed E-state index contributed by atoms with van der Waals surface area (Å²) in [5, 5.41) is 0. The molecule has 0 aliphatic heterocycles. The van der Waals surface area contributed by atoms with Crippen molar-refractivity contribution in [2.75, 3.05) is 7.11 Å². The maximum absolute atomic E-state index is 11.3. The van der Waals surface area contributed by atoms with E-state index in [0.717, 1.165) is 16.7 Å². The van der Waals surface area contributed by atoms with E-state index in [9.17, 15) is 4.79 Å². The molecule has 2 N–H and O–H groups in total. The number of esters is 1. The summed E-state index contributed by atoms with van der Waals surface area (Å²) in [7, 11) is 1.34. The Labute approximate surface area is 96.0 Å². The zero-order valence-corrected chi connectivity index (χ0v) is 9.93. The second-order valence-electron chi connectivity index (χ2n) is 3.31. The molecular weight excluding hydrogens is 214 g/mol. The molecule has 0 fully saturated rings. The second-order valence-corrected chi connectivity index (χ2v) is 3.31. The van der Waals surface area contributed by atoms with E-state index in [4.69, 9.17) is 5.73 Å². The van der Waals surface area contributed by atoms with Crippen LogP contribution >= 0.6 is 12.4 Å². The van der Waals surface area contributed by atoms with E-state index in [1.54, 1.807) is 0 Å². The zero-order valence-electron chi connectivity index (χ0n) is 9.11. The molecule has 84 valence electrons. The van der Waals surface area contributed by atoms with Gasteiger partial charge in [0.1, 0.15) is 6.04 Å². The molecule has 1 aromatic rings. The molecule has 1 atom stereocenters. The van der Waals surface area contributed by atoms with Crippen LogP contribution in [0.4, 0.5) is 0 Å². The van der Waals surface area contributed by atoms with E-state index in [1.165, 1.54) is 7.11 Å². The number of carbonyl (C=O) groups excluding carboxylic acids is 1. The molecule has 4 heteroatoms. The average Bonchev–Trinajstić information content (AvgIpc) is 2.16. The Bertz CT molecular complexity index is 332. The lowest BCUT2D eigenvalue weighted by Crippen LogP contribution is -2.24. The van der Waals surface area contributed by atoms with Crippen molar-refractivity contribution >= 4 is 18.4 Å². The Morgan fingerprint density at radius 2 is 1.80 bits per heavy atom. The number of nitrogens with two attached hydrogens (primary N) is 1. The van der Waals surface area contributed by atoms with Crippen molar-refractivity contribution < 1.29 is 9.53 Å². The Morgan fingerprint density at radius 3 is 2.20 bits per heavy atom. The third kappa shape index (κ3) is 2.94. The summed E-state index contributed by atoms with van der Waals surface area (Å²) in [5.74, 6) is -0.401. The molecule has 0 unspecified atom stereocenters. The third-order valence-corrected chi connectivity index (χ3v) is 2.31. The highest BCUT2D eigenvalue weighted by Gasteiger charge is 2.19. The van der Waals surface area contributed by atoms with Crippen molar-refractivity contribution in [3.8, 4) is 0 Å². The van der Waals surface area contributed by atoms with Gasteiger partial charge in [0.05, 0.1) is 7.11 Å². The van der Waals surface area contributed by atoms with Gasteiger partial charge in [-0.25, -0.2) is 0 Å². The fourth-order valence-electron chi connectivity index (χ4n) is 1.56. The largest absolute Gasteiger partial charge is 0.468 e. The van der Waals surface area contributed by atoms with Gasteiger partial charge in [-0.2, -0.15) is 0 Å². The lowest BCUT2D eigenvalue weighted by atomic mass is 9.97. The smallest absolute Gasteiger partial charge is 0.327 e. The number of hydrogen-bond acceptors (Lipinski definition) is 3. The fourth-order valence-corrected chi connectivity index (χ4v) is 1.56. The van der Waals surface area contributed by atoms with Gasteiger partial charge in [0.15, 0.2) is 0 Å². The fraction of sp³-hybridized carbons (Fsp3) is 0.364. The van der Waals surface area contributed by atoms with Crippen molar-refractivity contribution in [1.29, 1.82) is 0 Å². The van der Waals surface area contributed by atoms with Crippen molar-refractivity contribution in [3.05, 3.63) is 34.9 Å². The van der Waals surface area contributed by atoms with E-state index in [0.29, 0.717) is 0 Å². The van der Waals surface area contributed by atoms with Crippen molar-refractivity contribution in [2.24, 2.45) is 5.73 Å². The van der Waals surface area contributed by atoms with Crippen LogP contribution in [0.3, 0.4) is 0 Å². The normalized spacial score (nSPS) is 11.5. The molecule has 0 radical (unpaired) electrons. The standard InChI is InChI=1S/C11H15NO2.ClH/c1-7-5-4-6-8(2)9(7)10(12)11(13)14-3;/h4-6,10H,12H2,1-3H3;1H/t10-;/m1./s1. The molecule has 0 aliphatic rings. The molecule has 1 rings (SSSR count). The lowest BCUT2D eigenvalue weighted by molar-refractivity contribution is -0.142. The Hall–Kier alpha value is -1.06. The quantitative estimate of drug-likeness (QED) is 0.789. The minimum Gasteiger partial charge on any atom is -0.468 e. The summed E-state index contributed by atoms with van der Waals surface area (Å²) in [6.07, 6.45) is 0. The first-order chi connectivity index (χ1) is 6.57. The van der Waals surface area contributed by atoms with Gasteiger partial charge >= 0.3 is 5.97 Å². The van der Waals surface area contributed by atoms with E-state index in [-0.39, 0.29) is 12.4 Å². The number of aryl methyl sites for hydroxylation is 2. The molecule has 0 aliphatic carbocycles.